The van der Waals surface area contributed by atoms with Crippen molar-refractivity contribution in [2.45, 2.75) is 46.1 Å². The Labute approximate surface area is 122 Å². The highest BCUT2D eigenvalue weighted by molar-refractivity contribution is 5.55. The van der Waals surface area contributed by atoms with Gasteiger partial charge >= 0.3 is 0 Å². The highest BCUT2D eigenvalue weighted by atomic mass is 19.1. The Balaban J connectivity index is 2.22. The van der Waals surface area contributed by atoms with Crippen LogP contribution in [-0.2, 0) is 0 Å². The molecule has 0 spiro atoms. The molecule has 0 heterocycles. The number of halogens is 1. The Hall–Kier alpha value is -1.09. The minimum absolute atomic E-state index is 0.145. The molecule has 2 rings (SSSR count). The third kappa shape index (κ3) is 3.51. The van der Waals surface area contributed by atoms with Crippen LogP contribution in [0.1, 0.15) is 51.6 Å². The van der Waals surface area contributed by atoms with E-state index in [0.29, 0.717) is 0 Å². The first-order valence-corrected chi connectivity index (χ1v) is 7.93. The van der Waals surface area contributed by atoms with Crippen molar-refractivity contribution in [1.29, 1.82) is 0 Å². The zero-order valence-corrected chi connectivity index (χ0v) is 13.0. The number of hydrogen-bond acceptors (Lipinski definition) is 2. The summed E-state index contributed by atoms with van der Waals surface area (Å²) in [5.41, 5.74) is 2.27. The van der Waals surface area contributed by atoms with E-state index in [2.05, 4.69) is 31.0 Å². The molecular weight excluding hydrogens is 251 g/mol. The molecule has 1 aliphatic rings. The molecule has 1 saturated carbocycles. The van der Waals surface area contributed by atoms with Crippen LogP contribution in [0.3, 0.4) is 0 Å². The Morgan fingerprint density at radius 2 is 2.10 bits per heavy atom. The van der Waals surface area contributed by atoms with Gasteiger partial charge in [0.25, 0.3) is 0 Å². The lowest BCUT2D eigenvalue weighted by Crippen LogP contribution is -2.34. The first-order valence-electron chi connectivity index (χ1n) is 7.93. The van der Waals surface area contributed by atoms with Crippen LogP contribution in [0.2, 0.25) is 0 Å². The molecule has 1 fully saturated rings. The van der Waals surface area contributed by atoms with Crippen molar-refractivity contribution in [3.8, 4) is 0 Å². The molecule has 20 heavy (non-hydrogen) atoms. The van der Waals surface area contributed by atoms with Crippen LogP contribution in [0.5, 0.6) is 0 Å². The van der Waals surface area contributed by atoms with Gasteiger partial charge in [-0.3, -0.25) is 0 Å². The van der Waals surface area contributed by atoms with Crippen molar-refractivity contribution >= 4 is 5.69 Å². The van der Waals surface area contributed by atoms with Crippen molar-refractivity contribution in [1.82, 2.24) is 5.32 Å². The van der Waals surface area contributed by atoms with E-state index in [0.717, 1.165) is 31.1 Å². The first kappa shape index (κ1) is 15.3. The molecule has 2 nitrogen and oxygen atoms in total. The molecule has 0 aliphatic heterocycles. The standard InChI is InChI=1S/C17H27FN2/c1-4-19-13(3)16-11-15(18)9-10-17(16)20(5-2)12-14-7-6-8-14/h9-11,13-14,19H,4-8,12H2,1-3H3. The average molecular weight is 278 g/mol. The molecule has 1 aromatic carbocycles. The Morgan fingerprint density at radius 3 is 2.65 bits per heavy atom. The van der Waals surface area contributed by atoms with Crippen LogP contribution in [0.25, 0.3) is 0 Å². The van der Waals surface area contributed by atoms with Crippen LogP contribution in [0, 0.1) is 11.7 Å². The van der Waals surface area contributed by atoms with E-state index >= 15 is 0 Å². The number of hydrogen-bond donors (Lipinski definition) is 1. The molecule has 0 aromatic heterocycles. The maximum atomic E-state index is 13.6. The molecule has 3 heteroatoms. The van der Waals surface area contributed by atoms with E-state index in [1.807, 2.05) is 6.07 Å². The number of rotatable bonds is 7. The highest BCUT2D eigenvalue weighted by Gasteiger charge is 2.22. The summed E-state index contributed by atoms with van der Waals surface area (Å²) in [6.07, 6.45) is 4.05. The maximum Gasteiger partial charge on any atom is 0.123 e. The van der Waals surface area contributed by atoms with E-state index < -0.39 is 0 Å². The zero-order valence-electron chi connectivity index (χ0n) is 13.0. The second-order valence-corrected chi connectivity index (χ2v) is 5.82. The van der Waals surface area contributed by atoms with E-state index in [1.54, 1.807) is 12.1 Å². The predicted molar refractivity (Wildman–Crippen MR) is 83.7 cm³/mol. The molecule has 112 valence electrons. The van der Waals surface area contributed by atoms with Gasteiger partial charge in [-0.1, -0.05) is 13.3 Å². The number of nitrogens with one attached hydrogen (secondary N) is 1. The lowest BCUT2D eigenvalue weighted by Gasteiger charge is -2.35. The largest absolute Gasteiger partial charge is 0.371 e. The summed E-state index contributed by atoms with van der Waals surface area (Å²) in [6.45, 7) is 9.36. The van der Waals surface area contributed by atoms with Crippen LogP contribution >= 0.6 is 0 Å². The summed E-state index contributed by atoms with van der Waals surface area (Å²) in [6, 6.07) is 5.40. The van der Waals surface area contributed by atoms with E-state index in [9.17, 15) is 4.39 Å². The summed E-state index contributed by atoms with van der Waals surface area (Å²) in [5, 5.41) is 3.40. The lowest BCUT2D eigenvalue weighted by molar-refractivity contribution is 0.318. The molecule has 1 atom stereocenters. The smallest absolute Gasteiger partial charge is 0.123 e. The topological polar surface area (TPSA) is 15.3 Å². The number of anilines is 1. The van der Waals surface area contributed by atoms with Gasteiger partial charge in [-0.15, -0.1) is 0 Å². The third-order valence-electron chi connectivity index (χ3n) is 4.39. The monoisotopic (exact) mass is 278 g/mol. The molecule has 1 unspecified atom stereocenters. The zero-order chi connectivity index (χ0) is 14.5. The van der Waals surface area contributed by atoms with Gasteiger partial charge in [0, 0.05) is 24.8 Å². The second-order valence-electron chi connectivity index (χ2n) is 5.82. The van der Waals surface area contributed by atoms with E-state index in [-0.39, 0.29) is 11.9 Å². The SMILES string of the molecule is CCNC(C)c1cc(F)ccc1N(CC)CC1CCC1. The van der Waals surface area contributed by atoms with Crippen molar-refractivity contribution in [3.63, 3.8) is 0 Å². The van der Waals surface area contributed by atoms with Gasteiger partial charge in [0.05, 0.1) is 0 Å². The van der Waals surface area contributed by atoms with E-state index in [1.165, 1.54) is 24.9 Å². The number of benzene rings is 1. The van der Waals surface area contributed by atoms with Crippen molar-refractivity contribution in [2.24, 2.45) is 5.92 Å². The Kier molecular flexibility index (Phi) is 5.41. The predicted octanol–water partition coefficient (Wildman–Crippen LogP) is 4.12. The Bertz CT molecular complexity index is 429. The summed E-state index contributed by atoms with van der Waals surface area (Å²) >= 11 is 0. The fraction of sp³-hybridized carbons (Fsp3) is 0.647. The fourth-order valence-electron chi connectivity index (χ4n) is 2.96. The van der Waals surface area contributed by atoms with Crippen LogP contribution in [0.4, 0.5) is 10.1 Å². The summed E-state index contributed by atoms with van der Waals surface area (Å²) in [5.74, 6) is 0.676. The summed E-state index contributed by atoms with van der Waals surface area (Å²) < 4.78 is 13.6. The minimum atomic E-state index is -0.145. The summed E-state index contributed by atoms with van der Waals surface area (Å²) in [4.78, 5) is 2.41. The normalized spacial score (nSPS) is 16.8. The van der Waals surface area contributed by atoms with Crippen LogP contribution in [-0.4, -0.2) is 19.6 Å². The van der Waals surface area contributed by atoms with Gasteiger partial charge in [-0.05, 0) is 62.9 Å². The quantitative estimate of drug-likeness (QED) is 0.807. The Morgan fingerprint density at radius 1 is 1.35 bits per heavy atom. The lowest BCUT2D eigenvalue weighted by atomic mass is 9.85. The van der Waals surface area contributed by atoms with Crippen molar-refractivity contribution in [3.05, 3.63) is 29.6 Å². The molecular formula is C17H27FN2. The molecule has 0 saturated heterocycles. The first-order chi connectivity index (χ1) is 9.65. The molecule has 1 N–H and O–H groups in total. The van der Waals surface area contributed by atoms with Crippen LogP contribution in [0.15, 0.2) is 18.2 Å². The van der Waals surface area contributed by atoms with E-state index in [4.69, 9.17) is 0 Å². The molecule has 0 bridgehead atoms. The average Bonchev–Trinajstić information content (AvgIpc) is 2.39. The minimum Gasteiger partial charge on any atom is -0.371 e. The van der Waals surface area contributed by atoms with Gasteiger partial charge < -0.3 is 10.2 Å². The van der Waals surface area contributed by atoms with Crippen molar-refractivity contribution in [2.75, 3.05) is 24.5 Å². The highest BCUT2D eigenvalue weighted by Crippen LogP contribution is 2.32. The van der Waals surface area contributed by atoms with Gasteiger partial charge in [0.1, 0.15) is 5.82 Å². The molecule has 1 aliphatic carbocycles. The van der Waals surface area contributed by atoms with Crippen LogP contribution < -0.4 is 10.2 Å². The maximum absolute atomic E-state index is 13.6. The van der Waals surface area contributed by atoms with Gasteiger partial charge in [-0.25, -0.2) is 4.39 Å². The van der Waals surface area contributed by atoms with Crippen molar-refractivity contribution < 1.29 is 4.39 Å². The van der Waals surface area contributed by atoms with Gasteiger partial charge in [0.15, 0.2) is 0 Å². The second kappa shape index (κ2) is 7.07. The van der Waals surface area contributed by atoms with Gasteiger partial charge in [-0.2, -0.15) is 0 Å². The molecule has 0 radical (unpaired) electrons. The third-order valence-corrected chi connectivity index (χ3v) is 4.39. The fourth-order valence-corrected chi connectivity index (χ4v) is 2.96. The number of nitrogens with zero attached hydrogens (tertiary/aromatic N) is 1. The molecule has 1 aromatic rings. The van der Waals surface area contributed by atoms with Gasteiger partial charge in [0.2, 0.25) is 0 Å². The summed E-state index contributed by atoms with van der Waals surface area (Å²) in [7, 11) is 0. The molecule has 0 amide bonds.